The molecule has 0 spiro atoms. The van der Waals surface area contributed by atoms with E-state index in [4.69, 9.17) is 11.6 Å². The van der Waals surface area contributed by atoms with Crippen LogP contribution in [0.5, 0.6) is 0 Å². The van der Waals surface area contributed by atoms with Crippen LogP contribution in [-0.2, 0) is 16.1 Å². The molecule has 0 aliphatic heterocycles. The van der Waals surface area contributed by atoms with E-state index in [0.717, 1.165) is 11.1 Å². The van der Waals surface area contributed by atoms with Gasteiger partial charge in [-0.1, -0.05) is 23.7 Å². The number of imidazole rings is 1. The molecule has 1 N–H and O–H groups in total. The van der Waals surface area contributed by atoms with Crippen LogP contribution in [0, 0.1) is 0 Å². The summed E-state index contributed by atoms with van der Waals surface area (Å²) in [7, 11) is 1.28. The quantitative estimate of drug-likeness (QED) is 0.700. The Morgan fingerprint density at radius 1 is 1.23 bits per heavy atom. The minimum Gasteiger partial charge on any atom is -0.467 e. The second kappa shape index (κ2) is 7.58. The standard InChI is InChI=1S/C19H18ClN3O3/c1-12(19(25)26-2)22-18(24)14-5-8-17-16(9-14)21-11-23(17)10-13-3-6-15(20)7-4-13/h3-9,11-12H,10H2,1-2H3,(H,22,24). The lowest BCUT2D eigenvalue weighted by Gasteiger charge is -2.11. The highest BCUT2D eigenvalue weighted by Gasteiger charge is 2.17. The Bertz CT molecular complexity index is 950. The molecule has 6 nitrogen and oxygen atoms in total. The molecule has 2 aromatic carbocycles. The van der Waals surface area contributed by atoms with E-state index >= 15 is 0 Å². The van der Waals surface area contributed by atoms with Gasteiger partial charge in [-0.25, -0.2) is 9.78 Å². The largest absolute Gasteiger partial charge is 0.467 e. The van der Waals surface area contributed by atoms with Gasteiger partial charge in [-0.05, 0) is 42.8 Å². The number of hydrogen-bond donors (Lipinski definition) is 1. The SMILES string of the molecule is COC(=O)C(C)NC(=O)c1ccc2c(c1)ncn2Cc1ccc(Cl)cc1. The Balaban J connectivity index is 1.79. The highest BCUT2D eigenvalue weighted by atomic mass is 35.5. The number of rotatable bonds is 5. The van der Waals surface area contributed by atoms with Gasteiger partial charge in [0.2, 0.25) is 0 Å². The van der Waals surface area contributed by atoms with Gasteiger partial charge >= 0.3 is 5.97 Å². The van der Waals surface area contributed by atoms with E-state index in [-0.39, 0.29) is 5.91 Å². The summed E-state index contributed by atoms with van der Waals surface area (Å²) in [5, 5.41) is 3.30. The summed E-state index contributed by atoms with van der Waals surface area (Å²) in [5.41, 5.74) is 3.15. The smallest absolute Gasteiger partial charge is 0.328 e. The lowest BCUT2D eigenvalue weighted by molar-refractivity contribution is -0.142. The van der Waals surface area contributed by atoms with Gasteiger partial charge in [0, 0.05) is 17.1 Å². The van der Waals surface area contributed by atoms with Crippen LogP contribution in [-0.4, -0.2) is 34.6 Å². The van der Waals surface area contributed by atoms with Gasteiger partial charge in [-0.3, -0.25) is 4.79 Å². The van der Waals surface area contributed by atoms with Crippen LogP contribution >= 0.6 is 11.6 Å². The van der Waals surface area contributed by atoms with Crippen LogP contribution in [0.2, 0.25) is 5.02 Å². The van der Waals surface area contributed by atoms with Crippen molar-refractivity contribution in [2.75, 3.05) is 7.11 Å². The van der Waals surface area contributed by atoms with E-state index in [2.05, 4.69) is 15.0 Å². The van der Waals surface area contributed by atoms with E-state index in [1.54, 1.807) is 25.4 Å². The van der Waals surface area contributed by atoms with Gasteiger partial charge in [-0.2, -0.15) is 0 Å². The third-order valence-corrected chi connectivity index (χ3v) is 4.30. The Morgan fingerprint density at radius 3 is 2.65 bits per heavy atom. The molecule has 0 bridgehead atoms. The lowest BCUT2D eigenvalue weighted by atomic mass is 10.1. The maximum atomic E-state index is 12.3. The van der Waals surface area contributed by atoms with Gasteiger partial charge in [0.25, 0.3) is 5.91 Å². The molecule has 1 unspecified atom stereocenters. The highest BCUT2D eigenvalue weighted by Crippen LogP contribution is 2.18. The molecule has 1 aromatic heterocycles. The molecule has 0 saturated heterocycles. The number of fused-ring (bicyclic) bond motifs is 1. The van der Waals surface area contributed by atoms with E-state index < -0.39 is 12.0 Å². The number of halogens is 1. The molecule has 0 fully saturated rings. The van der Waals surface area contributed by atoms with Crippen molar-refractivity contribution in [2.45, 2.75) is 19.5 Å². The van der Waals surface area contributed by atoms with Crippen molar-refractivity contribution in [3.05, 3.63) is 64.9 Å². The van der Waals surface area contributed by atoms with Gasteiger partial charge in [-0.15, -0.1) is 0 Å². The summed E-state index contributed by atoms with van der Waals surface area (Å²) < 4.78 is 6.61. The molecule has 7 heteroatoms. The van der Waals surface area contributed by atoms with Crippen LogP contribution < -0.4 is 5.32 Å². The number of carbonyl (C=O) groups is 2. The maximum absolute atomic E-state index is 12.3. The van der Waals surface area contributed by atoms with Crippen molar-refractivity contribution < 1.29 is 14.3 Å². The van der Waals surface area contributed by atoms with Crippen molar-refractivity contribution >= 4 is 34.5 Å². The molecule has 1 heterocycles. The molecule has 0 aliphatic carbocycles. The number of nitrogens with zero attached hydrogens (tertiary/aromatic N) is 2. The molecule has 134 valence electrons. The summed E-state index contributed by atoms with van der Waals surface area (Å²) >= 11 is 5.91. The number of nitrogens with one attached hydrogen (secondary N) is 1. The molecule has 26 heavy (non-hydrogen) atoms. The average molecular weight is 372 g/mol. The predicted octanol–water partition coefficient (Wildman–Crippen LogP) is 3.03. The Morgan fingerprint density at radius 2 is 1.96 bits per heavy atom. The van der Waals surface area contributed by atoms with Gasteiger partial charge < -0.3 is 14.6 Å². The Hall–Kier alpha value is -2.86. The van der Waals surface area contributed by atoms with Gasteiger partial charge in [0.15, 0.2) is 0 Å². The topological polar surface area (TPSA) is 73.2 Å². The molecule has 3 aromatic rings. The minimum absolute atomic E-state index is 0.350. The van der Waals surface area contributed by atoms with E-state index in [1.807, 2.05) is 34.9 Å². The van der Waals surface area contributed by atoms with Gasteiger partial charge in [0.1, 0.15) is 6.04 Å². The third-order valence-electron chi connectivity index (χ3n) is 4.05. The van der Waals surface area contributed by atoms with Crippen molar-refractivity contribution in [1.82, 2.24) is 14.9 Å². The van der Waals surface area contributed by atoms with Crippen LogP contribution in [0.4, 0.5) is 0 Å². The first-order valence-corrected chi connectivity index (χ1v) is 8.44. The fourth-order valence-corrected chi connectivity index (χ4v) is 2.76. The second-order valence-corrected chi connectivity index (χ2v) is 6.36. The number of aromatic nitrogens is 2. The van der Waals surface area contributed by atoms with Crippen LogP contribution in [0.3, 0.4) is 0 Å². The van der Waals surface area contributed by atoms with E-state index in [0.29, 0.717) is 22.6 Å². The first-order chi connectivity index (χ1) is 12.5. The zero-order valence-corrected chi connectivity index (χ0v) is 15.2. The highest BCUT2D eigenvalue weighted by molar-refractivity contribution is 6.30. The first kappa shape index (κ1) is 17.9. The maximum Gasteiger partial charge on any atom is 0.328 e. The van der Waals surface area contributed by atoms with Crippen molar-refractivity contribution in [3.8, 4) is 0 Å². The molecule has 0 radical (unpaired) electrons. The number of esters is 1. The molecular formula is C19H18ClN3O3. The molecular weight excluding hydrogens is 354 g/mol. The Labute approximate surface area is 155 Å². The molecule has 3 rings (SSSR count). The Kier molecular flexibility index (Phi) is 5.23. The molecule has 1 amide bonds. The number of hydrogen-bond acceptors (Lipinski definition) is 4. The zero-order chi connectivity index (χ0) is 18.7. The fourth-order valence-electron chi connectivity index (χ4n) is 2.63. The first-order valence-electron chi connectivity index (χ1n) is 8.06. The van der Waals surface area contributed by atoms with E-state index in [9.17, 15) is 9.59 Å². The summed E-state index contributed by atoms with van der Waals surface area (Å²) in [6.07, 6.45) is 1.73. The summed E-state index contributed by atoms with van der Waals surface area (Å²) in [6, 6.07) is 12.2. The van der Waals surface area contributed by atoms with Crippen LogP contribution in [0.25, 0.3) is 11.0 Å². The van der Waals surface area contributed by atoms with Crippen molar-refractivity contribution in [2.24, 2.45) is 0 Å². The number of amides is 1. The average Bonchev–Trinajstić information content (AvgIpc) is 3.04. The summed E-state index contributed by atoms with van der Waals surface area (Å²) in [6.45, 7) is 2.22. The molecule has 0 aliphatic rings. The number of carbonyl (C=O) groups excluding carboxylic acids is 2. The van der Waals surface area contributed by atoms with Crippen molar-refractivity contribution in [3.63, 3.8) is 0 Å². The number of methoxy groups -OCH3 is 1. The minimum atomic E-state index is -0.717. The molecule has 0 saturated carbocycles. The van der Waals surface area contributed by atoms with E-state index in [1.165, 1.54) is 7.11 Å². The summed E-state index contributed by atoms with van der Waals surface area (Å²) in [4.78, 5) is 28.1. The molecule has 1 atom stereocenters. The number of benzene rings is 2. The predicted molar refractivity (Wildman–Crippen MR) is 99.2 cm³/mol. The normalized spacial score (nSPS) is 12.0. The number of ether oxygens (including phenoxy) is 1. The van der Waals surface area contributed by atoms with Crippen LogP contribution in [0.15, 0.2) is 48.8 Å². The van der Waals surface area contributed by atoms with Crippen LogP contribution in [0.1, 0.15) is 22.8 Å². The second-order valence-electron chi connectivity index (χ2n) is 5.92. The monoisotopic (exact) mass is 371 g/mol. The lowest BCUT2D eigenvalue weighted by Crippen LogP contribution is -2.39. The third kappa shape index (κ3) is 3.86. The zero-order valence-electron chi connectivity index (χ0n) is 14.4. The van der Waals surface area contributed by atoms with Gasteiger partial charge in [0.05, 0.1) is 24.5 Å². The fraction of sp³-hybridized carbons (Fsp3) is 0.211. The van der Waals surface area contributed by atoms with Crippen molar-refractivity contribution in [1.29, 1.82) is 0 Å². The summed E-state index contributed by atoms with van der Waals surface area (Å²) in [5.74, 6) is -0.844.